The third-order valence-electron chi connectivity index (χ3n) is 5.07. The molecule has 1 heterocycles. The summed E-state index contributed by atoms with van der Waals surface area (Å²) in [6.07, 6.45) is 3.52. The van der Waals surface area contributed by atoms with Crippen molar-refractivity contribution >= 4 is 34.1 Å². The van der Waals surface area contributed by atoms with Crippen molar-refractivity contribution < 1.29 is 19.1 Å². The minimum Gasteiger partial charge on any atom is -0.374 e. The van der Waals surface area contributed by atoms with Gasteiger partial charge in [-0.3, -0.25) is 14.4 Å². The summed E-state index contributed by atoms with van der Waals surface area (Å²) < 4.78 is 5.75. The molecular formula is C24H33N3O4S. The van der Waals surface area contributed by atoms with Gasteiger partial charge in [-0.2, -0.15) is 0 Å². The van der Waals surface area contributed by atoms with Gasteiger partial charge in [0.15, 0.2) is 5.13 Å². The lowest BCUT2D eigenvalue weighted by molar-refractivity contribution is -0.141. The normalized spacial score (nSPS) is 12.9. The minimum absolute atomic E-state index is 0.122. The SMILES string of the molecule is CCC[C@H](NC(=O)C(=O)C(C)CC)C(=O)Nc1ncc(-c2ccccc2COC(C)C)s1. The van der Waals surface area contributed by atoms with Gasteiger partial charge >= 0.3 is 0 Å². The van der Waals surface area contributed by atoms with Crippen molar-refractivity contribution in [2.24, 2.45) is 5.92 Å². The maximum Gasteiger partial charge on any atom is 0.288 e. The number of rotatable bonds is 12. The second-order valence-electron chi connectivity index (χ2n) is 8.02. The first-order chi connectivity index (χ1) is 15.3. The molecule has 0 fully saturated rings. The molecule has 1 unspecified atom stereocenters. The number of thiazole rings is 1. The molecule has 0 spiro atoms. The maximum atomic E-state index is 12.8. The molecule has 174 valence electrons. The largest absolute Gasteiger partial charge is 0.374 e. The second kappa shape index (κ2) is 12.5. The smallest absolute Gasteiger partial charge is 0.288 e. The van der Waals surface area contributed by atoms with Crippen LogP contribution in [0, 0.1) is 5.92 Å². The minimum atomic E-state index is -0.792. The number of Topliss-reactive ketones (excluding diaryl/α,β-unsaturated/α-hetero) is 1. The van der Waals surface area contributed by atoms with Gasteiger partial charge in [-0.05, 0) is 37.8 Å². The Bertz CT molecular complexity index is 925. The molecule has 0 aliphatic rings. The van der Waals surface area contributed by atoms with Gasteiger partial charge in [0.1, 0.15) is 6.04 Å². The van der Waals surface area contributed by atoms with Crippen LogP contribution in [0.2, 0.25) is 0 Å². The van der Waals surface area contributed by atoms with Crippen LogP contribution in [0.4, 0.5) is 5.13 Å². The van der Waals surface area contributed by atoms with E-state index < -0.39 is 17.7 Å². The summed E-state index contributed by atoms with van der Waals surface area (Å²) in [5, 5.41) is 5.81. The number of ether oxygens (including phenoxy) is 1. The van der Waals surface area contributed by atoms with Crippen molar-refractivity contribution in [1.82, 2.24) is 10.3 Å². The predicted molar refractivity (Wildman–Crippen MR) is 127 cm³/mol. The second-order valence-corrected chi connectivity index (χ2v) is 9.05. The van der Waals surface area contributed by atoms with Crippen LogP contribution in [-0.2, 0) is 25.7 Å². The molecule has 0 saturated heterocycles. The number of amides is 2. The van der Waals surface area contributed by atoms with Crippen molar-refractivity contribution in [3.8, 4) is 10.4 Å². The number of hydrogen-bond donors (Lipinski definition) is 2. The Balaban J connectivity index is 2.10. The first-order valence-electron chi connectivity index (χ1n) is 11.1. The topological polar surface area (TPSA) is 97.4 Å². The summed E-state index contributed by atoms with van der Waals surface area (Å²) in [7, 11) is 0. The van der Waals surface area contributed by atoms with Crippen LogP contribution in [0.1, 0.15) is 59.4 Å². The third kappa shape index (κ3) is 7.24. The summed E-state index contributed by atoms with van der Waals surface area (Å²) in [6.45, 7) is 9.94. The Morgan fingerprint density at radius 1 is 1.12 bits per heavy atom. The number of nitrogens with zero attached hydrogens (tertiary/aromatic N) is 1. The summed E-state index contributed by atoms with van der Waals surface area (Å²) in [5.41, 5.74) is 2.05. The summed E-state index contributed by atoms with van der Waals surface area (Å²) >= 11 is 1.35. The van der Waals surface area contributed by atoms with E-state index in [9.17, 15) is 14.4 Å². The van der Waals surface area contributed by atoms with Gasteiger partial charge in [0.2, 0.25) is 11.7 Å². The summed E-state index contributed by atoms with van der Waals surface area (Å²) in [6, 6.07) is 7.13. The zero-order valence-corrected chi connectivity index (χ0v) is 20.3. The predicted octanol–water partition coefficient (Wildman–Crippen LogP) is 4.57. The number of ketones is 1. The first-order valence-corrected chi connectivity index (χ1v) is 11.9. The molecule has 0 bridgehead atoms. The van der Waals surface area contributed by atoms with Crippen molar-refractivity contribution in [2.75, 3.05) is 5.32 Å². The maximum absolute atomic E-state index is 12.8. The summed E-state index contributed by atoms with van der Waals surface area (Å²) in [4.78, 5) is 42.4. The van der Waals surface area contributed by atoms with E-state index in [1.54, 1.807) is 13.1 Å². The molecule has 1 aromatic heterocycles. The van der Waals surface area contributed by atoms with Crippen LogP contribution in [0.15, 0.2) is 30.5 Å². The van der Waals surface area contributed by atoms with Crippen molar-refractivity contribution in [1.29, 1.82) is 0 Å². The third-order valence-corrected chi connectivity index (χ3v) is 6.02. The molecule has 2 atom stereocenters. The monoisotopic (exact) mass is 459 g/mol. The van der Waals surface area contributed by atoms with E-state index in [0.29, 0.717) is 31.0 Å². The van der Waals surface area contributed by atoms with Gasteiger partial charge in [0, 0.05) is 12.1 Å². The van der Waals surface area contributed by atoms with Gasteiger partial charge < -0.3 is 15.4 Å². The van der Waals surface area contributed by atoms with Gasteiger partial charge in [-0.15, -0.1) is 0 Å². The van der Waals surface area contributed by atoms with Crippen molar-refractivity contribution in [3.05, 3.63) is 36.0 Å². The van der Waals surface area contributed by atoms with Gasteiger partial charge in [0.25, 0.3) is 5.91 Å². The quantitative estimate of drug-likeness (QED) is 0.453. The molecule has 2 aromatic rings. The zero-order chi connectivity index (χ0) is 23.7. The fourth-order valence-corrected chi connectivity index (χ4v) is 3.87. The Kier molecular flexibility index (Phi) is 9.99. The zero-order valence-electron chi connectivity index (χ0n) is 19.4. The van der Waals surface area contributed by atoms with E-state index in [1.807, 2.05) is 52.0 Å². The number of anilines is 1. The van der Waals surface area contributed by atoms with Crippen molar-refractivity contribution in [2.45, 2.75) is 72.6 Å². The highest BCUT2D eigenvalue weighted by Gasteiger charge is 2.26. The van der Waals surface area contributed by atoms with Crippen LogP contribution in [-0.4, -0.2) is 34.7 Å². The standard InChI is InChI=1S/C24H33N3O4S/c1-6-10-19(26-23(30)21(28)16(5)7-2)22(29)27-24-25-13-20(32-24)18-12-9-8-11-17(18)14-31-15(3)4/h8-9,11-13,15-16,19H,6-7,10,14H2,1-5H3,(H,26,30)(H,25,27,29)/t16?,19-/m0/s1. The number of nitrogens with one attached hydrogen (secondary N) is 2. The Hall–Kier alpha value is -2.58. The van der Waals surface area contributed by atoms with Gasteiger partial charge in [-0.1, -0.05) is 62.8 Å². The van der Waals surface area contributed by atoms with E-state index in [4.69, 9.17) is 4.74 Å². The lowest BCUT2D eigenvalue weighted by Crippen LogP contribution is -2.47. The molecule has 2 N–H and O–H groups in total. The van der Waals surface area contributed by atoms with E-state index in [-0.39, 0.29) is 17.9 Å². The number of carbonyl (C=O) groups is 3. The fraction of sp³-hybridized carbons (Fsp3) is 0.500. The number of aromatic nitrogens is 1. The van der Waals surface area contributed by atoms with Crippen LogP contribution < -0.4 is 10.6 Å². The number of benzene rings is 1. The Labute approximate surface area is 194 Å². The molecule has 2 amide bonds. The van der Waals surface area contributed by atoms with Crippen molar-refractivity contribution in [3.63, 3.8) is 0 Å². The van der Waals surface area contributed by atoms with Crippen LogP contribution in [0.5, 0.6) is 0 Å². The molecule has 0 radical (unpaired) electrons. The summed E-state index contributed by atoms with van der Waals surface area (Å²) in [5.74, 6) is -1.97. The van der Waals surface area contributed by atoms with Crippen LogP contribution in [0.3, 0.4) is 0 Å². The highest BCUT2D eigenvalue weighted by Crippen LogP contribution is 2.32. The number of carbonyl (C=O) groups excluding carboxylic acids is 3. The van der Waals surface area contributed by atoms with Crippen LogP contribution >= 0.6 is 11.3 Å². The molecule has 2 rings (SSSR count). The average Bonchev–Trinajstić information content (AvgIpc) is 3.24. The lowest BCUT2D eigenvalue weighted by atomic mass is 10.0. The van der Waals surface area contributed by atoms with Gasteiger partial charge in [-0.25, -0.2) is 4.98 Å². The van der Waals surface area contributed by atoms with E-state index in [2.05, 4.69) is 15.6 Å². The highest BCUT2D eigenvalue weighted by atomic mass is 32.1. The lowest BCUT2D eigenvalue weighted by Gasteiger charge is -2.17. The molecule has 0 saturated carbocycles. The Morgan fingerprint density at radius 2 is 1.84 bits per heavy atom. The molecule has 0 aliphatic carbocycles. The molecular weight excluding hydrogens is 426 g/mol. The fourth-order valence-electron chi connectivity index (χ4n) is 2.99. The van der Waals surface area contributed by atoms with E-state index in [1.165, 1.54) is 11.3 Å². The number of hydrogen-bond acceptors (Lipinski definition) is 6. The van der Waals surface area contributed by atoms with E-state index in [0.717, 1.165) is 16.0 Å². The van der Waals surface area contributed by atoms with Gasteiger partial charge in [0.05, 0.1) is 17.6 Å². The molecule has 7 nitrogen and oxygen atoms in total. The molecule has 32 heavy (non-hydrogen) atoms. The molecule has 0 aliphatic heterocycles. The van der Waals surface area contributed by atoms with E-state index >= 15 is 0 Å². The van der Waals surface area contributed by atoms with Crippen LogP contribution in [0.25, 0.3) is 10.4 Å². The molecule has 1 aromatic carbocycles. The molecule has 8 heteroatoms. The average molecular weight is 460 g/mol. The highest BCUT2D eigenvalue weighted by molar-refractivity contribution is 7.19. The Morgan fingerprint density at radius 3 is 2.50 bits per heavy atom. The first kappa shape index (κ1) is 25.7.